The van der Waals surface area contributed by atoms with Crippen LogP contribution in [0.3, 0.4) is 0 Å². The summed E-state index contributed by atoms with van der Waals surface area (Å²) in [6, 6.07) is 1.29. The van der Waals surface area contributed by atoms with Crippen LogP contribution in [0.15, 0.2) is 21.4 Å². The largest absolute Gasteiger partial charge is 0.387 e. The van der Waals surface area contributed by atoms with Crippen molar-refractivity contribution in [1.29, 1.82) is 0 Å². The molecule has 1 atom stereocenters. The first-order chi connectivity index (χ1) is 11.6. The number of aromatic nitrogens is 1. The number of rotatable bonds is 3. The molecule has 2 heterocycles. The van der Waals surface area contributed by atoms with Gasteiger partial charge in [-0.15, -0.1) is 12.4 Å². The molecule has 2 aliphatic rings. The highest BCUT2D eigenvalue weighted by molar-refractivity contribution is 7.92. The van der Waals surface area contributed by atoms with Gasteiger partial charge in [0.15, 0.2) is 0 Å². The van der Waals surface area contributed by atoms with Crippen LogP contribution in [0, 0.1) is 5.41 Å². The van der Waals surface area contributed by atoms with Gasteiger partial charge in [0.05, 0.1) is 17.2 Å². The molecule has 26 heavy (non-hydrogen) atoms. The molecule has 2 fully saturated rings. The van der Waals surface area contributed by atoms with Gasteiger partial charge < -0.3 is 15.0 Å². The molecular weight excluding hydrogens is 397 g/mol. The molecule has 0 amide bonds. The number of aliphatic hydroxyl groups is 1. The molecule has 1 aromatic heterocycles. The molecule has 1 unspecified atom stereocenters. The van der Waals surface area contributed by atoms with Crippen molar-refractivity contribution < 1.29 is 9.32 Å². The number of halogens is 2. The summed E-state index contributed by atoms with van der Waals surface area (Å²) >= 11 is 6.10. The zero-order valence-corrected chi connectivity index (χ0v) is 17.6. The van der Waals surface area contributed by atoms with E-state index in [4.69, 9.17) is 11.6 Å². The lowest BCUT2D eigenvalue weighted by Gasteiger charge is -2.49. The molecule has 1 spiro atoms. The van der Waals surface area contributed by atoms with E-state index >= 15 is 0 Å². The van der Waals surface area contributed by atoms with Crippen molar-refractivity contribution in [3.8, 4) is 0 Å². The van der Waals surface area contributed by atoms with Gasteiger partial charge in [-0.3, -0.25) is 4.79 Å². The molecule has 1 saturated heterocycles. The molecular formula is C17H27Cl2N3O3S. The maximum absolute atomic E-state index is 12.4. The van der Waals surface area contributed by atoms with Crippen LogP contribution < -0.4 is 10.9 Å². The summed E-state index contributed by atoms with van der Waals surface area (Å²) in [6.07, 6.45) is 9.31. The fourth-order valence-electron chi connectivity index (χ4n) is 4.24. The lowest BCUT2D eigenvalue weighted by molar-refractivity contribution is -0.115. The van der Waals surface area contributed by atoms with E-state index in [0.29, 0.717) is 12.1 Å². The van der Waals surface area contributed by atoms with Gasteiger partial charge >= 0.3 is 0 Å². The maximum atomic E-state index is 12.4. The van der Waals surface area contributed by atoms with E-state index in [1.165, 1.54) is 29.3 Å². The normalized spacial score (nSPS) is 25.1. The molecule has 3 rings (SSSR count). The fraction of sp³-hybridized carbons (Fsp3) is 0.706. The third-order valence-electron chi connectivity index (χ3n) is 5.53. The number of nitrogens with zero attached hydrogens (tertiary/aromatic N) is 2. The topological polar surface area (TPSA) is 83.7 Å². The van der Waals surface area contributed by atoms with Gasteiger partial charge in [-0.25, -0.2) is 4.21 Å². The number of pyridine rings is 1. The second kappa shape index (κ2) is 7.80. The molecule has 0 radical (unpaired) electrons. The van der Waals surface area contributed by atoms with Crippen molar-refractivity contribution in [2.45, 2.75) is 44.2 Å². The minimum Gasteiger partial charge on any atom is -0.387 e. The van der Waals surface area contributed by atoms with Gasteiger partial charge in [0.1, 0.15) is 5.69 Å². The van der Waals surface area contributed by atoms with E-state index in [-0.39, 0.29) is 34.9 Å². The van der Waals surface area contributed by atoms with E-state index < -0.39 is 15.3 Å². The van der Waals surface area contributed by atoms with Crippen molar-refractivity contribution in [3.05, 3.63) is 27.6 Å². The summed E-state index contributed by atoms with van der Waals surface area (Å²) in [5.41, 5.74) is -1.08. The van der Waals surface area contributed by atoms with Crippen molar-refractivity contribution in [2.75, 3.05) is 25.6 Å². The number of hydrogen-bond donors (Lipinski definition) is 2. The van der Waals surface area contributed by atoms with Crippen LogP contribution in [-0.4, -0.2) is 45.1 Å². The van der Waals surface area contributed by atoms with Crippen molar-refractivity contribution >= 4 is 39.4 Å². The highest BCUT2D eigenvalue weighted by Crippen LogP contribution is 2.49. The Morgan fingerprint density at radius 3 is 2.62 bits per heavy atom. The summed E-state index contributed by atoms with van der Waals surface area (Å²) < 4.78 is 17.6. The number of hydrogen-bond acceptors (Lipinski definition) is 5. The summed E-state index contributed by atoms with van der Waals surface area (Å²) in [5.74, 6) is 0. The van der Waals surface area contributed by atoms with E-state index in [0.717, 1.165) is 38.8 Å². The Bertz CT molecular complexity index is 834. The van der Waals surface area contributed by atoms with Crippen molar-refractivity contribution in [3.63, 3.8) is 0 Å². The van der Waals surface area contributed by atoms with Crippen LogP contribution in [0.5, 0.6) is 0 Å². The summed E-state index contributed by atoms with van der Waals surface area (Å²) in [4.78, 5) is 12.4. The Labute approximate surface area is 165 Å². The smallest absolute Gasteiger partial charge is 0.252 e. The van der Waals surface area contributed by atoms with Crippen molar-refractivity contribution in [1.82, 2.24) is 9.88 Å². The predicted molar refractivity (Wildman–Crippen MR) is 108 cm³/mol. The first-order valence-electron chi connectivity index (χ1n) is 8.64. The molecule has 1 aliphatic heterocycles. The van der Waals surface area contributed by atoms with Gasteiger partial charge in [-0.05, 0) is 25.8 Å². The minimum atomic E-state index is -2.40. The van der Waals surface area contributed by atoms with Gasteiger partial charge in [0.2, 0.25) is 0 Å². The third kappa shape index (κ3) is 4.28. The zero-order chi connectivity index (χ0) is 18.3. The molecule has 0 bridgehead atoms. The minimum absolute atomic E-state index is 0. The molecule has 2 N–H and O–H groups in total. The Hall–Kier alpha value is -0.600. The summed E-state index contributed by atoms with van der Waals surface area (Å²) in [6.45, 7) is 1.72. The van der Waals surface area contributed by atoms with E-state index in [1.54, 1.807) is 0 Å². The van der Waals surface area contributed by atoms with E-state index in [9.17, 15) is 14.1 Å². The molecule has 9 heteroatoms. The quantitative estimate of drug-likeness (QED) is 0.781. The van der Waals surface area contributed by atoms with Gasteiger partial charge in [-0.2, -0.15) is 4.36 Å². The first-order valence-corrected chi connectivity index (χ1v) is 11.4. The highest BCUT2D eigenvalue weighted by atomic mass is 35.5. The Kier molecular flexibility index (Phi) is 6.51. The summed E-state index contributed by atoms with van der Waals surface area (Å²) in [7, 11) is -2.40. The molecule has 6 nitrogen and oxygen atoms in total. The average Bonchev–Trinajstić information content (AvgIpc) is 2.97. The van der Waals surface area contributed by atoms with Crippen LogP contribution in [0.4, 0.5) is 5.69 Å². The maximum Gasteiger partial charge on any atom is 0.252 e. The number of nitrogens with one attached hydrogen (secondary N) is 1. The van der Waals surface area contributed by atoms with Crippen LogP contribution in [0.2, 0.25) is 5.02 Å². The van der Waals surface area contributed by atoms with E-state index in [2.05, 4.69) is 9.68 Å². The first kappa shape index (κ1) is 21.7. The van der Waals surface area contributed by atoms with Gasteiger partial charge in [-0.1, -0.05) is 24.4 Å². The molecule has 1 aliphatic carbocycles. The Morgan fingerprint density at radius 1 is 1.35 bits per heavy atom. The average molecular weight is 424 g/mol. The fourth-order valence-corrected chi connectivity index (χ4v) is 5.09. The summed E-state index contributed by atoms with van der Waals surface area (Å²) in [5, 5.41) is 15.1. The lowest BCUT2D eigenvalue weighted by Crippen LogP contribution is -2.60. The van der Waals surface area contributed by atoms with Crippen LogP contribution in [-0.2, 0) is 16.3 Å². The highest BCUT2D eigenvalue weighted by Gasteiger charge is 2.53. The molecule has 148 valence electrons. The van der Waals surface area contributed by atoms with Gasteiger partial charge in [0, 0.05) is 46.5 Å². The van der Waals surface area contributed by atoms with E-state index in [1.807, 2.05) is 0 Å². The second-order valence-electron chi connectivity index (χ2n) is 7.69. The van der Waals surface area contributed by atoms with Crippen LogP contribution in [0.25, 0.3) is 0 Å². The van der Waals surface area contributed by atoms with Crippen molar-refractivity contribution in [2.24, 2.45) is 9.78 Å². The second-order valence-corrected chi connectivity index (χ2v) is 10.6. The third-order valence-corrected chi connectivity index (χ3v) is 6.47. The Morgan fingerprint density at radius 2 is 2.00 bits per heavy atom. The molecule has 0 aromatic carbocycles. The SMILES string of the molecule is CS(C)(=O)=Nc1cn(CC2(O)CCNCC23CCCC3)c(=O)cc1Cl.Cl. The lowest BCUT2D eigenvalue weighted by atomic mass is 9.66. The number of piperidine rings is 1. The van der Waals surface area contributed by atoms with Crippen LogP contribution >= 0.6 is 24.0 Å². The monoisotopic (exact) mass is 423 g/mol. The van der Waals surface area contributed by atoms with Crippen LogP contribution in [0.1, 0.15) is 32.1 Å². The predicted octanol–water partition coefficient (Wildman–Crippen LogP) is 2.57. The van der Waals surface area contributed by atoms with Gasteiger partial charge in [0.25, 0.3) is 5.56 Å². The zero-order valence-electron chi connectivity index (χ0n) is 15.2. The molecule has 1 saturated carbocycles. The molecule has 1 aromatic rings. The standard InChI is InChI=1S/C17H26ClN3O3S.ClH/c1-25(2,24)20-14-10-21(15(22)9-13(14)18)12-17(23)7-8-19-11-16(17)5-3-4-6-16;/h9-10,19,23H,3-8,11-12H2,1-2H3;1H. The Balaban J connectivity index is 0.00000243.